The van der Waals surface area contributed by atoms with E-state index in [0.717, 1.165) is 32.6 Å². The highest BCUT2D eigenvalue weighted by Crippen LogP contribution is 2.29. The molecule has 1 saturated carbocycles. The number of carbonyl (C=O) groups is 1. The third kappa shape index (κ3) is 2.81. The molecule has 2 aliphatic rings. The van der Waals surface area contributed by atoms with E-state index >= 15 is 0 Å². The number of ether oxygens (including phenoxy) is 1. The van der Waals surface area contributed by atoms with Crippen LogP contribution in [0.2, 0.25) is 0 Å². The number of hydrogen-bond acceptors (Lipinski definition) is 2. The average molecular weight is 209 g/mol. The van der Waals surface area contributed by atoms with Crippen LogP contribution in [-0.4, -0.2) is 36.6 Å². The van der Waals surface area contributed by atoms with Gasteiger partial charge < -0.3 is 9.64 Å². The summed E-state index contributed by atoms with van der Waals surface area (Å²) >= 11 is 0. The molecule has 0 unspecified atom stereocenters. The first-order chi connectivity index (χ1) is 7.31. The van der Waals surface area contributed by atoms with E-state index in [1.54, 1.807) is 0 Å². The van der Waals surface area contributed by atoms with Gasteiger partial charge in [-0.05, 0) is 37.7 Å². The molecule has 1 heterocycles. The van der Waals surface area contributed by atoms with Gasteiger partial charge in [-0.3, -0.25) is 4.79 Å². The monoisotopic (exact) mass is 209 g/mol. The molecule has 0 atom stereocenters. The molecule has 2 rings (SSSR count). The van der Waals surface area contributed by atoms with Crippen molar-refractivity contribution in [2.75, 3.05) is 19.8 Å². The van der Waals surface area contributed by atoms with Gasteiger partial charge in [-0.25, -0.2) is 0 Å². The van der Waals surface area contributed by atoms with Crippen molar-refractivity contribution in [1.82, 2.24) is 4.90 Å². The summed E-state index contributed by atoms with van der Waals surface area (Å²) in [6.45, 7) is 6.18. The van der Waals surface area contributed by atoms with E-state index in [4.69, 9.17) is 4.74 Å². The van der Waals surface area contributed by atoms with Gasteiger partial charge in [-0.2, -0.15) is 0 Å². The number of amides is 1. The van der Waals surface area contributed by atoms with E-state index in [1.807, 2.05) is 4.90 Å². The van der Waals surface area contributed by atoms with Gasteiger partial charge in [0.15, 0.2) is 0 Å². The van der Waals surface area contributed by atoms with E-state index in [2.05, 4.69) is 6.58 Å². The van der Waals surface area contributed by atoms with Crippen LogP contribution in [-0.2, 0) is 9.53 Å². The van der Waals surface area contributed by atoms with Crippen LogP contribution in [0.3, 0.4) is 0 Å². The minimum Gasteiger partial charge on any atom is -0.381 e. The highest BCUT2D eigenvalue weighted by molar-refractivity contribution is 5.87. The van der Waals surface area contributed by atoms with E-state index in [-0.39, 0.29) is 5.91 Å². The lowest BCUT2D eigenvalue weighted by Gasteiger charge is -2.29. The lowest BCUT2D eigenvalue weighted by Crippen LogP contribution is -2.37. The smallest absolute Gasteiger partial charge is 0.246 e. The molecule has 1 amide bonds. The maximum atomic E-state index is 11.6. The van der Waals surface area contributed by atoms with Gasteiger partial charge in [-0.15, -0.1) is 0 Å². The molecule has 0 aromatic carbocycles. The third-order valence-corrected chi connectivity index (χ3v) is 3.24. The lowest BCUT2D eigenvalue weighted by molar-refractivity contribution is -0.127. The fraction of sp³-hybridized carbons (Fsp3) is 0.750. The van der Waals surface area contributed by atoms with Crippen molar-refractivity contribution in [2.24, 2.45) is 5.92 Å². The average Bonchev–Trinajstić information content (AvgIpc) is 3.10. The molecule has 0 aromatic heterocycles. The second-order valence-corrected chi connectivity index (χ2v) is 4.48. The molecule has 0 radical (unpaired) electrons. The number of hydrogen-bond donors (Lipinski definition) is 0. The van der Waals surface area contributed by atoms with Crippen molar-refractivity contribution in [2.45, 2.75) is 31.7 Å². The van der Waals surface area contributed by atoms with E-state index in [0.29, 0.717) is 12.0 Å². The molecule has 0 N–H and O–H groups in total. The number of rotatable bonds is 4. The quantitative estimate of drug-likeness (QED) is 0.658. The molecule has 3 heteroatoms. The maximum Gasteiger partial charge on any atom is 0.246 e. The Hall–Kier alpha value is -0.830. The first kappa shape index (κ1) is 10.7. The molecular formula is C12H19NO2. The van der Waals surface area contributed by atoms with Gasteiger partial charge in [0, 0.05) is 25.8 Å². The molecule has 1 saturated heterocycles. The third-order valence-electron chi connectivity index (χ3n) is 3.24. The summed E-state index contributed by atoms with van der Waals surface area (Å²) in [5.41, 5.74) is 0. The molecule has 15 heavy (non-hydrogen) atoms. The molecule has 0 bridgehead atoms. The van der Waals surface area contributed by atoms with Crippen LogP contribution in [0.25, 0.3) is 0 Å². The van der Waals surface area contributed by atoms with Crippen molar-refractivity contribution in [3.63, 3.8) is 0 Å². The first-order valence-electron chi connectivity index (χ1n) is 5.82. The zero-order valence-electron chi connectivity index (χ0n) is 9.15. The lowest BCUT2D eigenvalue weighted by atomic mass is 9.99. The zero-order chi connectivity index (χ0) is 10.7. The molecule has 3 nitrogen and oxygen atoms in total. The highest BCUT2D eigenvalue weighted by atomic mass is 16.5. The Bertz CT molecular complexity index is 242. The standard InChI is InChI=1S/C12H19NO2/c1-2-12(14)13(11-3-4-11)9-10-5-7-15-8-6-10/h2,10-11H,1,3-9H2. The fourth-order valence-corrected chi connectivity index (χ4v) is 2.13. The predicted octanol–water partition coefficient (Wildman–Crippen LogP) is 1.59. The maximum absolute atomic E-state index is 11.6. The Morgan fingerprint density at radius 2 is 2.00 bits per heavy atom. The minimum absolute atomic E-state index is 0.101. The molecule has 1 aliphatic carbocycles. The van der Waals surface area contributed by atoms with Gasteiger partial charge in [0.1, 0.15) is 0 Å². The molecule has 0 spiro atoms. The molecule has 84 valence electrons. The Morgan fingerprint density at radius 3 is 2.53 bits per heavy atom. The van der Waals surface area contributed by atoms with E-state index in [9.17, 15) is 4.79 Å². The summed E-state index contributed by atoms with van der Waals surface area (Å²) in [7, 11) is 0. The van der Waals surface area contributed by atoms with Crippen molar-refractivity contribution < 1.29 is 9.53 Å². The van der Waals surface area contributed by atoms with Crippen LogP contribution in [0.1, 0.15) is 25.7 Å². The van der Waals surface area contributed by atoms with E-state index in [1.165, 1.54) is 18.9 Å². The Balaban J connectivity index is 1.87. The molecule has 1 aliphatic heterocycles. The van der Waals surface area contributed by atoms with Gasteiger partial charge in [0.05, 0.1) is 0 Å². The summed E-state index contributed by atoms with van der Waals surface area (Å²) < 4.78 is 5.32. The SMILES string of the molecule is C=CC(=O)N(CC1CCOCC1)C1CC1. The summed E-state index contributed by atoms with van der Waals surface area (Å²) in [6.07, 6.45) is 5.96. The Morgan fingerprint density at radius 1 is 1.33 bits per heavy atom. The molecule has 2 fully saturated rings. The van der Waals surface area contributed by atoms with Gasteiger partial charge in [-0.1, -0.05) is 6.58 Å². The molecular weight excluding hydrogens is 190 g/mol. The van der Waals surface area contributed by atoms with Gasteiger partial charge in [0.2, 0.25) is 5.91 Å². The van der Waals surface area contributed by atoms with Crippen LogP contribution < -0.4 is 0 Å². The van der Waals surface area contributed by atoms with E-state index < -0.39 is 0 Å². The van der Waals surface area contributed by atoms with Gasteiger partial charge >= 0.3 is 0 Å². The van der Waals surface area contributed by atoms with Crippen molar-refractivity contribution in [1.29, 1.82) is 0 Å². The fourth-order valence-electron chi connectivity index (χ4n) is 2.13. The van der Waals surface area contributed by atoms with Crippen molar-refractivity contribution in [3.8, 4) is 0 Å². The second-order valence-electron chi connectivity index (χ2n) is 4.48. The summed E-state index contributed by atoms with van der Waals surface area (Å²) in [6, 6.07) is 0.498. The first-order valence-corrected chi connectivity index (χ1v) is 5.82. The van der Waals surface area contributed by atoms with Crippen molar-refractivity contribution >= 4 is 5.91 Å². The number of nitrogens with zero attached hydrogens (tertiary/aromatic N) is 1. The van der Waals surface area contributed by atoms with Crippen LogP contribution in [0, 0.1) is 5.92 Å². The zero-order valence-corrected chi connectivity index (χ0v) is 9.15. The molecule has 0 aromatic rings. The van der Waals surface area contributed by atoms with Gasteiger partial charge in [0.25, 0.3) is 0 Å². The normalized spacial score (nSPS) is 22.4. The summed E-state index contributed by atoms with van der Waals surface area (Å²) in [5.74, 6) is 0.729. The van der Waals surface area contributed by atoms with Crippen molar-refractivity contribution in [3.05, 3.63) is 12.7 Å². The summed E-state index contributed by atoms with van der Waals surface area (Å²) in [4.78, 5) is 13.6. The number of carbonyl (C=O) groups excluding carboxylic acids is 1. The largest absolute Gasteiger partial charge is 0.381 e. The second kappa shape index (κ2) is 4.79. The topological polar surface area (TPSA) is 29.5 Å². The highest BCUT2D eigenvalue weighted by Gasteiger charge is 2.33. The Labute approximate surface area is 91.1 Å². The summed E-state index contributed by atoms with van der Waals surface area (Å²) in [5, 5.41) is 0. The Kier molecular flexibility index (Phi) is 3.41. The minimum atomic E-state index is 0.101. The van der Waals surface area contributed by atoms with Crippen LogP contribution in [0.4, 0.5) is 0 Å². The van der Waals surface area contributed by atoms with Crippen LogP contribution >= 0.6 is 0 Å². The van der Waals surface area contributed by atoms with Crippen LogP contribution in [0.15, 0.2) is 12.7 Å². The van der Waals surface area contributed by atoms with Crippen LogP contribution in [0.5, 0.6) is 0 Å². The predicted molar refractivity (Wildman–Crippen MR) is 58.5 cm³/mol.